The number of anilines is 6. The first kappa shape index (κ1) is 36.8. The van der Waals surface area contributed by atoms with Gasteiger partial charge in [0.15, 0.2) is 0 Å². The lowest BCUT2D eigenvalue weighted by atomic mass is 9.45. The van der Waals surface area contributed by atoms with Crippen LogP contribution in [0, 0.1) is 0 Å². The summed E-state index contributed by atoms with van der Waals surface area (Å²) < 4.78 is 2.66. The minimum Gasteiger partial charge on any atom is -0.375 e. The highest BCUT2D eigenvalue weighted by atomic mass is 15.2. The Morgan fingerprint density at radius 3 is 1.56 bits per heavy atom. The Labute approximate surface area is 383 Å². The van der Waals surface area contributed by atoms with Gasteiger partial charge in [-0.3, -0.25) is 0 Å². The van der Waals surface area contributed by atoms with Gasteiger partial charge in [-0.1, -0.05) is 164 Å². The third-order valence-corrected chi connectivity index (χ3v) is 14.0. The van der Waals surface area contributed by atoms with Crippen LogP contribution in [0.3, 0.4) is 0 Å². The third-order valence-electron chi connectivity index (χ3n) is 14.0. The molecule has 0 aliphatic carbocycles. The second-order valence-electron chi connectivity index (χ2n) is 17.7. The fourth-order valence-electron chi connectivity index (χ4n) is 11.2. The highest BCUT2D eigenvalue weighted by molar-refractivity contribution is 6.90. The van der Waals surface area contributed by atoms with Gasteiger partial charge >= 0.3 is 6.85 Å². The van der Waals surface area contributed by atoms with Crippen LogP contribution in [0.15, 0.2) is 243 Å². The lowest BCUT2D eigenvalue weighted by Gasteiger charge is -2.42. The monoisotopic (exact) mass is 837 g/mol. The van der Waals surface area contributed by atoms with Crippen LogP contribution in [0.1, 0.15) is 0 Å². The molecule has 11 aromatic carbocycles. The zero-order valence-corrected chi connectivity index (χ0v) is 36.0. The zero-order valence-electron chi connectivity index (χ0n) is 36.0. The van der Waals surface area contributed by atoms with Gasteiger partial charge in [0.25, 0.3) is 0 Å². The van der Waals surface area contributed by atoms with Gasteiger partial charge in [0.05, 0.1) is 0 Å². The first-order valence-corrected chi connectivity index (χ1v) is 22.9. The number of aromatic nitrogens is 1. The molecule has 0 spiro atoms. The normalized spacial score (nSPS) is 12.5. The van der Waals surface area contributed by atoms with Crippen LogP contribution in [0.2, 0.25) is 0 Å². The van der Waals surface area contributed by atoms with Gasteiger partial charge in [-0.2, -0.15) is 0 Å². The molecule has 0 N–H and O–H groups in total. The van der Waals surface area contributed by atoms with E-state index in [0.717, 1.165) is 22.7 Å². The molecule has 2 aliphatic rings. The van der Waals surface area contributed by atoms with Gasteiger partial charge in [-0.25, -0.2) is 0 Å². The van der Waals surface area contributed by atoms with E-state index in [1.165, 1.54) is 99.0 Å². The maximum absolute atomic E-state index is 2.66. The Morgan fingerprint density at radius 1 is 0.348 bits per heavy atom. The molecule has 14 rings (SSSR count). The summed E-state index contributed by atoms with van der Waals surface area (Å²) in [4.78, 5) is 5.01. The lowest BCUT2D eigenvalue weighted by Crippen LogP contribution is -2.56. The summed E-state index contributed by atoms with van der Waals surface area (Å²) in [6, 6.07) is 89.8. The molecule has 12 aromatic rings. The molecule has 0 fully saturated rings. The fraction of sp³-hybridized carbons (Fsp3) is 0. The summed E-state index contributed by atoms with van der Waals surface area (Å²) in [5.74, 6) is 0. The largest absolute Gasteiger partial charge is 0.375 e. The molecular weight excluding hydrogens is 798 g/mol. The number of benzene rings is 11. The Hall–Kier alpha value is -8.60. The molecule has 2 aliphatic heterocycles. The number of hydrogen-bond donors (Lipinski definition) is 0. The molecule has 0 radical (unpaired) electrons. The van der Waals surface area contributed by atoms with Crippen LogP contribution in [0.4, 0.5) is 34.1 Å². The van der Waals surface area contributed by atoms with Gasteiger partial charge in [0.2, 0.25) is 0 Å². The van der Waals surface area contributed by atoms with Crippen molar-refractivity contribution in [2.75, 3.05) is 9.80 Å². The lowest BCUT2D eigenvalue weighted by molar-refractivity contribution is 1.24. The zero-order chi connectivity index (χ0) is 43.3. The molecule has 4 heteroatoms. The van der Waals surface area contributed by atoms with Crippen molar-refractivity contribution in [3.63, 3.8) is 0 Å². The van der Waals surface area contributed by atoms with E-state index < -0.39 is 0 Å². The van der Waals surface area contributed by atoms with Crippen molar-refractivity contribution in [1.82, 2.24) is 4.48 Å². The van der Waals surface area contributed by atoms with Gasteiger partial charge in [0.1, 0.15) is 0 Å². The Morgan fingerprint density at radius 2 is 0.909 bits per heavy atom. The second kappa shape index (κ2) is 14.5. The predicted octanol–water partition coefficient (Wildman–Crippen LogP) is 15.3. The minimum atomic E-state index is -0.101. The minimum absolute atomic E-state index is 0.101. The summed E-state index contributed by atoms with van der Waals surface area (Å²) >= 11 is 0. The van der Waals surface area contributed by atoms with Crippen molar-refractivity contribution in [3.8, 4) is 33.4 Å². The van der Waals surface area contributed by atoms with Crippen LogP contribution < -0.4 is 20.7 Å². The molecule has 0 saturated heterocycles. The summed E-state index contributed by atoms with van der Waals surface area (Å²) in [5.41, 5.74) is 19.1. The molecule has 306 valence electrons. The molecule has 66 heavy (non-hydrogen) atoms. The number of hydrogen-bond acceptors (Lipinski definition) is 2. The standard InChI is InChI=1S/C62H40BN3/c1-5-18-41(19-6-1)45-34-46(42-20-7-2-8-21-42)36-51(35-45)65-59-38-48-33-44-23-14-13-22-43(44)32-47(48)37-57(59)63-61-56(55-30-17-29-54-53-28-15-16-31-58(53)66(63)62(54)55)39-52(40-60(61)65)64(49-24-9-3-10-25-49)50-26-11-4-12-27-50/h1-40H. The van der Waals surface area contributed by atoms with E-state index in [4.69, 9.17) is 0 Å². The van der Waals surface area contributed by atoms with E-state index in [1.807, 2.05) is 0 Å². The van der Waals surface area contributed by atoms with Crippen molar-refractivity contribution in [1.29, 1.82) is 0 Å². The summed E-state index contributed by atoms with van der Waals surface area (Å²) in [5, 5.41) is 7.49. The second-order valence-corrected chi connectivity index (χ2v) is 17.7. The molecule has 0 unspecified atom stereocenters. The molecule has 3 nitrogen and oxygen atoms in total. The van der Waals surface area contributed by atoms with Crippen molar-refractivity contribution >= 4 is 95.2 Å². The van der Waals surface area contributed by atoms with Gasteiger partial charge in [-0.05, 0) is 139 Å². The fourth-order valence-corrected chi connectivity index (χ4v) is 11.2. The Bertz CT molecular complexity index is 3780. The number of para-hydroxylation sites is 4. The van der Waals surface area contributed by atoms with Crippen LogP contribution in [-0.2, 0) is 0 Å². The summed E-state index contributed by atoms with van der Waals surface area (Å²) in [7, 11) is 0. The first-order valence-electron chi connectivity index (χ1n) is 22.9. The first-order chi connectivity index (χ1) is 32.7. The molecule has 0 atom stereocenters. The van der Waals surface area contributed by atoms with Crippen LogP contribution in [0.5, 0.6) is 0 Å². The quantitative estimate of drug-likeness (QED) is 0.122. The number of fused-ring (bicyclic) bond motifs is 9. The topological polar surface area (TPSA) is 11.4 Å². The van der Waals surface area contributed by atoms with Crippen LogP contribution in [0.25, 0.3) is 76.7 Å². The van der Waals surface area contributed by atoms with Gasteiger partial charge in [0, 0.05) is 61.5 Å². The maximum Gasteiger partial charge on any atom is 0.333 e. The van der Waals surface area contributed by atoms with Crippen LogP contribution >= 0.6 is 0 Å². The predicted molar refractivity (Wildman–Crippen MR) is 281 cm³/mol. The molecular formula is C62H40BN3. The number of nitrogens with zero attached hydrogens (tertiary/aromatic N) is 3. The van der Waals surface area contributed by atoms with Crippen molar-refractivity contribution < 1.29 is 0 Å². The van der Waals surface area contributed by atoms with Crippen molar-refractivity contribution in [2.24, 2.45) is 0 Å². The van der Waals surface area contributed by atoms with Crippen molar-refractivity contribution in [3.05, 3.63) is 243 Å². The molecule has 0 bridgehead atoms. The smallest absolute Gasteiger partial charge is 0.333 e. The van der Waals surface area contributed by atoms with E-state index in [2.05, 4.69) is 257 Å². The SMILES string of the molecule is c1ccc(-c2cc(-c3ccccc3)cc(N3c4cc5cc6ccccc6cc5cc4B4c5c(cc(N(c6ccccc6)c6ccccc6)cc53)-c3cccc5c6ccccc6n4c35)c2)cc1. The highest BCUT2D eigenvalue weighted by Gasteiger charge is 2.43. The van der Waals surface area contributed by atoms with E-state index >= 15 is 0 Å². The molecule has 1 aromatic heterocycles. The van der Waals surface area contributed by atoms with E-state index in [9.17, 15) is 0 Å². The average Bonchev–Trinajstić information content (AvgIpc) is 3.72. The summed E-state index contributed by atoms with van der Waals surface area (Å²) in [6.07, 6.45) is 0. The number of rotatable bonds is 6. The Kier molecular flexibility index (Phi) is 8.08. The summed E-state index contributed by atoms with van der Waals surface area (Å²) in [6.45, 7) is -0.101. The highest BCUT2D eigenvalue weighted by Crippen LogP contribution is 2.50. The van der Waals surface area contributed by atoms with E-state index in [1.54, 1.807) is 0 Å². The molecule has 0 amide bonds. The van der Waals surface area contributed by atoms with E-state index in [-0.39, 0.29) is 6.85 Å². The molecule has 3 heterocycles. The van der Waals surface area contributed by atoms with Gasteiger partial charge in [-0.15, -0.1) is 0 Å². The maximum atomic E-state index is 2.66. The third kappa shape index (κ3) is 5.58. The van der Waals surface area contributed by atoms with Crippen LogP contribution in [-0.4, -0.2) is 11.3 Å². The average molecular weight is 838 g/mol. The Balaban J connectivity index is 1.15. The van der Waals surface area contributed by atoms with E-state index in [0.29, 0.717) is 0 Å². The molecule has 0 saturated carbocycles. The van der Waals surface area contributed by atoms with Crippen molar-refractivity contribution in [2.45, 2.75) is 0 Å². The van der Waals surface area contributed by atoms with Gasteiger partial charge < -0.3 is 14.3 Å².